The first-order chi connectivity index (χ1) is 13.1. The number of ether oxygens (including phenoxy) is 1. The maximum atomic E-state index is 12.3. The molecule has 0 radical (unpaired) electrons. The van der Waals surface area contributed by atoms with Gasteiger partial charge in [0.05, 0.1) is 6.04 Å². The van der Waals surface area contributed by atoms with Gasteiger partial charge in [0, 0.05) is 17.0 Å². The minimum Gasteiger partial charge on any atom is -0.483 e. The quantitative estimate of drug-likeness (QED) is 0.636. The van der Waals surface area contributed by atoms with Gasteiger partial charge in [0.1, 0.15) is 5.75 Å². The Kier molecular flexibility index (Phi) is 6.63. The molecule has 5 heteroatoms. The molecule has 0 aliphatic heterocycles. The Bertz CT molecular complexity index is 848. The third-order valence-electron chi connectivity index (χ3n) is 4.32. The van der Waals surface area contributed by atoms with Gasteiger partial charge in [-0.1, -0.05) is 54.6 Å². The van der Waals surface area contributed by atoms with Crippen LogP contribution >= 0.6 is 11.3 Å². The van der Waals surface area contributed by atoms with E-state index in [1.165, 1.54) is 4.88 Å². The monoisotopic (exact) mass is 380 g/mol. The zero-order valence-corrected chi connectivity index (χ0v) is 16.4. The molecule has 1 atom stereocenters. The molecule has 1 aromatic heterocycles. The van der Waals surface area contributed by atoms with E-state index in [2.05, 4.69) is 21.7 Å². The largest absolute Gasteiger partial charge is 0.483 e. The standard InChI is InChI=1S/C22H24N2O2S/c1-24(2)19(21-13-8-14-27-21)15-23-22(25)16-26-20-12-7-6-11-18(20)17-9-4-3-5-10-17/h3-14,19H,15-16H2,1-2H3,(H,23,25)/t19-/m1/s1. The second-order valence-corrected chi connectivity index (χ2v) is 7.43. The van der Waals surface area contributed by atoms with Gasteiger partial charge in [-0.2, -0.15) is 0 Å². The van der Waals surface area contributed by atoms with Gasteiger partial charge in [-0.15, -0.1) is 11.3 Å². The van der Waals surface area contributed by atoms with Crippen LogP contribution in [0.3, 0.4) is 0 Å². The summed E-state index contributed by atoms with van der Waals surface area (Å²) in [5, 5.41) is 5.04. The van der Waals surface area contributed by atoms with Gasteiger partial charge in [0.2, 0.25) is 0 Å². The van der Waals surface area contributed by atoms with E-state index in [1.54, 1.807) is 11.3 Å². The van der Waals surface area contributed by atoms with Gasteiger partial charge in [-0.05, 0) is 37.2 Å². The fourth-order valence-electron chi connectivity index (χ4n) is 2.87. The summed E-state index contributed by atoms with van der Waals surface area (Å²) in [5.74, 6) is 0.586. The Morgan fingerprint density at radius 1 is 1.04 bits per heavy atom. The average molecular weight is 381 g/mol. The molecule has 0 fully saturated rings. The van der Waals surface area contributed by atoms with Crippen molar-refractivity contribution in [3.8, 4) is 16.9 Å². The van der Waals surface area contributed by atoms with Crippen molar-refractivity contribution >= 4 is 17.2 Å². The zero-order chi connectivity index (χ0) is 19.1. The van der Waals surface area contributed by atoms with Gasteiger partial charge >= 0.3 is 0 Å². The molecule has 3 aromatic rings. The van der Waals surface area contributed by atoms with E-state index in [0.29, 0.717) is 12.3 Å². The molecule has 0 saturated carbocycles. The molecule has 2 aromatic carbocycles. The van der Waals surface area contributed by atoms with Crippen LogP contribution in [0.1, 0.15) is 10.9 Å². The van der Waals surface area contributed by atoms with Crippen molar-refractivity contribution < 1.29 is 9.53 Å². The number of nitrogens with one attached hydrogen (secondary N) is 1. The molecule has 0 bridgehead atoms. The van der Waals surface area contributed by atoms with E-state index < -0.39 is 0 Å². The van der Waals surface area contributed by atoms with E-state index in [-0.39, 0.29) is 18.6 Å². The van der Waals surface area contributed by atoms with Crippen LogP contribution < -0.4 is 10.1 Å². The lowest BCUT2D eigenvalue weighted by molar-refractivity contribution is -0.123. The van der Waals surface area contributed by atoms with Crippen molar-refractivity contribution in [2.24, 2.45) is 0 Å². The average Bonchev–Trinajstić information content (AvgIpc) is 3.21. The van der Waals surface area contributed by atoms with Crippen LogP contribution in [0.25, 0.3) is 11.1 Å². The number of thiophene rings is 1. The molecule has 0 aliphatic carbocycles. The van der Waals surface area contributed by atoms with Gasteiger partial charge < -0.3 is 15.0 Å². The molecule has 0 aliphatic rings. The number of carbonyl (C=O) groups is 1. The number of carbonyl (C=O) groups excluding carboxylic acids is 1. The SMILES string of the molecule is CN(C)[C@H](CNC(=O)COc1ccccc1-c1ccccc1)c1cccs1. The fourth-order valence-corrected chi connectivity index (χ4v) is 3.79. The third-order valence-corrected chi connectivity index (χ3v) is 5.29. The van der Waals surface area contributed by atoms with Crippen LogP contribution in [0.15, 0.2) is 72.1 Å². The van der Waals surface area contributed by atoms with Crippen LogP contribution in [0.4, 0.5) is 0 Å². The number of hydrogen-bond donors (Lipinski definition) is 1. The van der Waals surface area contributed by atoms with Crippen LogP contribution in [0, 0.1) is 0 Å². The van der Waals surface area contributed by atoms with Crippen molar-refractivity contribution in [2.45, 2.75) is 6.04 Å². The van der Waals surface area contributed by atoms with Crippen molar-refractivity contribution in [1.29, 1.82) is 0 Å². The summed E-state index contributed by atoms with van der Waals surface area (Å²) in [6.45, 7) is 0.546. The van der Waals surface area contributed by atoms with Crippen molar-refractivity contribution in [2.75, 3.05) is 27.2 Å². The smallest absolute Gasteiger partial charge is 0.258 e. The van der Waals surface area contributed by atoms with Gasteiger partial charge in [0.25, 0.3) is 5.91 Å². The minimum atomic E-state index is -0.124. The lowest BCUT2D eigenvalue weighted by Gasteiger charge is -2.23. The number of para-hydroxylation sites is 1. The summed E-state index contributed by atoms with van der Waals surface area (Å²) in [5.41, 5.74) is 2.05. The molecule has 1 amide bonds. The van der Waals surface area contributed by atoms with Gasteiger partial charge in [-0.25, -0.2) is 0 Å². The second-order valence-electron chi connectivity index (χ2n) is 6.45. The Hall–Kier alpha value is -2.63. The number of likely N-dealkylation sites (N-methyl/N-ethyl adjacent to an activating group) is 1. The summed E-state index contributed by atoms with van der Waals surface area (Å²) >= 11 is 1.70. The van der Waals surface area contributed by atoms with Crippen molar-refractivity contribution in [3.63, 3.8) is 0 Å². The number of hydrogen-bond acceptors (Lipinski definition) is 4. The number of rotatable bonds is 8. The van der Waals surface area contributed by atoms with Crippen LogP contribution in [0.5, 0.6) is 5.75 Å². The first-order valence-electron chi connectivity index (χ1n) is 8.89. The summed E-state index contributed by atoms with van der Waals surface area (Å²) in [4.78, 5) is 15.7. The third kappa shape index (κ3) is 5.18. The van der Waals surface area contributed by atoms with E-state index in [1.807, 2.05) is 74.8 Å². The highest BCUT2D eigenvalue weighted by atomic mass is 32.1. The highest BCUT2D eigenvalue weighted by Crippen LogP contribution is 2.29. The topological polar surface area (TPSA) is 41.6 Å². The summed E-state index contributed by atoms with van der Waals surface area (Å²) in [6.07, 6.45) is 0. The highest BCUT2D eigenvalue weighted by Gasteiger charge is 2.16. The molecule has 4 nitrogen and oxygen atoms in total. The molecule has 27 heavy (non-hydrogen) atoms. The van der Waals surface area contributed by atoms with E-state index in [0.717, 1.165) is 11.1 Å². The molecule has 0 unspecified atom stereocenters. The van der Waals surface area contributed by atoms with Crippen LogP contribution in [0.2, 0.25) is 0 Å². The Balaban J connectivity index is 1.58. The number of benzene rings is 2. The zero-order valence-electron chi connectivity index (χ0n) is 15.6. The predicted octanol–water partition coefficient (Wildman–Crippen LogP) is 4.21. The van der Waals surface area contributed by atoms with Gasteiger partial charge in [0.15, 0.2) is 6.61 Å². The van der Waals surface area contributed by atoms with E-state index in [9.17, 15) is 4.79 Å². The normalized spacial score (nSPS) is 12.0. The Morgan fingerprint density at radius 3 is 2.48 bits per heavy atom. The first-order valence-corrected chi connectivity index (χ1v) is 9.77. The lowest BCUT2D eigenvalue weighted by Crippen LogP contribution is -2.36. The Labute approximate surface area is 164 Å². The van der Waals surface area contributed by atoms with Gasteiger partial charge in [-0.3, -0.25) is 4.79 Å². The molecule has 1 heterocycles. The van der Waals surface area contributed by atoms with E-state index >= 15 is 0 Å². The van der Waals surface area contributed by atoms with Crippen molar-refractivity contribution in [3.05, 3.63) is 77.0 Å². The molecular formula is C22H24N2O2S. The second kappa shape index (κ2) is 9.35. The number of amides is 1. The molecule has 3 rings (SSSR count). The molecule has 140 valence electrons. The van der Waals surface area contributed by atoms with E-state index in [4.69, 9.17) is 4.74 Å². The van der Waals surface area contributed by atoms with Crippen LogP contribution in [-0.4, -0.2) is 38.1 Å². The minimum absolute atomic E-state index is 0.00552. The summed E-state index contributed by atoms with van der Waals surface area (Å²) < 4.78 is 5.81. The lowest BCUT2D eigenvalue weighted by atomic mass is 10.1. The highest BCUT2D eigenvalue weighted by molar-refractivity contribution is 7.10. The molecule has 0 saturated heterocycles. The Morgan fingerprint density at radius 2 is 1.78 bits per heavy atom. The maximum Gasteiger partial charge on any atom is 0.258 e. The fraction of sp³-hybridized carbons (Fsp3) is 0.227. The van der Waals surface area contributed by atoms with Crippen LogP contribution in [-0.2, 0) is 4.79 Å². The van der Waals surface area contributed by atoms with Crippen molar-refractivity contribution in [1.82, 2.24) is 10.2 Å². The number of nitrogens with zero attached hydrogens (tertiary/aromatic N) is 1. The molecule has 0 spiro atoms. The summed E-state index contributed by atoms with van der Waals surface area (Å²) in [7, 11) is 4.03. The maximum absolute atomic E-state index is 12.3. The predicted molar refractivity (Wildman–Crippen MR) is 111 cm³/mol. The summed E-state index contributed by atoms with van der Waals surface area (Å²) in [6, 6.07) is 22.1. The molecular weight excluding hydrogens is 356 g/mol. The molecule has 1 N–H and O–H groups in total. The first kappa shape index (κ1) is 19.1.